The van der Waals surface area contributed by atoms with Gasteiger partial charge in [-0.1, -0.05) is 6.07 Å². The number of hydrogen-bond donors (Lipinski definition) is 2. The van der Waals surface area contributed by atoms with E-state index in [0.29, 0.717) is 0 Å². The number of alkyl halides is 6. The molecule has 2 aromatic carbocycles. The van der Waals surface area contributed by atoms with Crippen LogP contribution in [-0.4, -0.2) is 35.0 Å². The van der Waals surface area contributed by atoms with E-state index in [-0.39, 0.29) is 28.7 Å². The van der Waals surface area contributed by atoms with Crippen molar-refractivity contribution in [2.75, 3.05) is 24.4 Å². The van der Waals surface area contributed by atoms with Gasteiger partial charge in [0.05, 0.1) is 18.2 Å². The van der Waals surface area contributed by atoms with E-state index in [2.05, 4.69) is 20.4 Å². The third-order valence-electron chi connectivity index (χ3n) is 4.73. The van der Waals surface area contributed by atoms with Gasteiger partial charge >= 0.3 is 18.4 Å². The lowest BCUT2D eigenvalue weighted by molar-refractivity contribution is -0.138. The van der Waals surface area contributed by atoms with E-state index in [0.717, 1.165) is 31.4 Å². The fraction of sp³-hybridized carbons (Fsp3) is 0.250. The van der Waals surface area contributed by atoms with Gasteiger partial charge in [-0.2, -0.15) is 26.3 Å². The van der Waals surface area contributed by atoms with E-state index >= 15 is 0 Å². The number of anilines is 3. The summed E-state index contributed by atoms with van der Waals surface area (Å²) in [5.41, 5.74) is -0.470. The summed E-state index contributed by atoms with van der Waals surface area (Å²) in [4.78, 5) is 17.2. The van der Waals surface area contributed by atoms with Crippen molar-refractivity contribution in [2.24, 2.45) is 7.05 Å². The number of benzene rings is 2. The van der Waals surface area contributed by atoms with E-state index in [1.807, 2.05) is 5.48 Å². The van der Waals surface area contributed by atoms with Gasteiger partial charge in [0.25, 0.3) is 0 Å². The minimum absolute atomic E-state index is 0.00382. The maximum Gasteiger partial charge on any atom is 0.417 e. The molecule has 0 saturated heterocycles. The molecule has 0 unspecified atom stereocenters. The van der Waals surface area contributed by atoms with Crippen molar-refractivity contribution >= 4 is 23.4 Å². The Balaban J connectivity index is 2.01. The fourth-order valence-electron chi connectivity index (χ4n) is 3.15. The summed E-state index contributed by atoms with van der Waals surface area (Å²) in [7, 11) is 3.95. The number of nitrogens with zero attached hydrogens (tertiary/aromatic N) is 4. The molecule has 3 aromatic rings. The number of amides is 2. The van der Waals surface area contributed by atoms with Gasteiger partial charge in [0.15, 0.2) is 5.82 Å². The first kappa shape index (κ1) is 24.8. The summed E-state index contributed by atoms with van der Waals surface area (Å²) < 4.78 is 81.8. The molecule has 0 aliphatic carbocycles. The molecule has 0 bridgehead atoms. The van der Waals surface area contributed by atoms with Crippen LogP contribution >= 0.6 is 0 Å². The maximum absolute atomic E-state index is 13.8. The molecule has 0 spiro atoms. The SMILES string of the molecule is CONC(=O)Nc1ccc(-c2nnc(N(C)c3cccc(C(F)(F)F)c3)n2C)c(C(F)(F)F)c1. The van der Waals surface area contributed by atoms with Gasteiger partial charge in [-0.15, -0.1) is 10.2 Å². The average molecular weight is 488 g/mol. The van der Waals surface area contributed by atoms with Crippen LogP contribution in [0.25, 0.3) is 11.4 Å². The fourth-order valence-corrected chi connectivity index (χ4v) is 3.15. The van der Waals surface area contributed by atoms with Gasteiger partial charge in [-0.25, -0.2) is 10.3 Å². The highest BCUT2D eigenvalue weighted by molar-refractivity contribution is 5.89. The Hall–Kier alpha value is -3.81. The summed E-state index contributed by atoms with van der Waals surface area (Å²) in [6.45, 7) is 0. The number of hydroxylamine groups is 1. The highest BCUT2D eigenvalue weighted by Gasteiger charge is 2.36. The maximum atomic E-state index is 13.8. The predicted octanol–water partition coefficient (Wildman–Crippen LogP) is 4.97. The summed E-state index contributed by atoms with van der Waals surface area (Å²) >= 11 is 0. The van der Waals surface area contributed by atoms with Crippen LogP contribution in [0.4, 0.5) is 48.5 Å². The standard InChI is InChI=1S/C20H18F6N6O2/c1-31(13-6-4-5-11(9-13)19(21,22)23)18-29-28-16(32(18)2)14-8-7-12(27-17(33)30-34-3)10-15(14)20(24,25)26/h4-10H,1-3H3,(H2,27,30,33). The van der Waals surface area contributed by atoms with Crippen molar-refractivity contribution in [3.05, 3.63) is 53.6 Å². The Morgan fingerprint density at radius 2 is 1.74 bits per heavy atom. The molecular weight excluding hydrogens is 470 g/mol. The zero-order valence-electron chi connectivity index (χ0n) is 17.9. The smallest absolute Gasteiger partial charge is 0.314 e. The Kier molecular flexibility index (Phi) is 6.72. The molecule has 2 N–H and O–H groups in total. The lowest BCUT2D eigenvalue weighted by Crippen LogP contribution is -2.27. The number of carbonyl (C=O) groups excluding carboxylic acids is 1. The van der Waals surface area contributed by atoms with Gasteiger partial charge < -0.3 is 10.2 Å². The van der Waals surface area contributed by atoms with E-state index in [4.69, 9.17) is 0 Å². The van der Waals surface area contributed by atoms with E-state index < -0.39 is 29.5 Å². The number of aromatic nitrogens is 3. The molecule has 0 aliphatic heterocycles. The van der Waals surface area contributed by atoms with Gasteiger partial charge in [0.2, 0.25) is 5.95 Å². The third-order valence-corrected chi connectivity index (χ3v) is 4.73. The largest absolute Gasteiger partial charge is 0.417 e. The van der Waals surface area contributed by atoms with E-state index in [1.165, 1.54) is 41.8 Å². The van der Waals surface area contributed by atoms with Crippen LogP contribution in [0.15, 0.2) is 42.5 Å². The number of rotatable bonds is 5. The van der Waals surface area contributed by atoms with Crippen molar-refractivity contribution in [2.45, 2.75) is 12.4 Å². The Labute approximate surface area is 189 Å². The number of nitrogens with one attached hydrogen (secondary N) is 2. The van der Waals surface area contributed by atoms with Gasteiger partial charge in [0, 0.05) is 31.0 Å². The van der Waals surface area contributed by atoms with Crippen LogP contribution in [0.1, 0.15) is 11.1 Å². The minimum atomic E-state index is -4.82. The summed E-state index contributed by atoms with van der Waals surface area (Å²) in [6, 6.07) is 6.56. The first-order valence-electron chi connectivity index (χ1n) is 9.45. The van der Waals surface area contributed by atoms with Crippen LogP contribution in [-0.2, 0) is 24.2 Å². The summed E-state index contributed by atoms with van der Waals surface area (Å²) in [5.74, 6) is -0.182. The van der Waals surface area contributed by atoms with Crippen LogP contribution in [0.5, 0.6) is 0 Å². The highest BCUT2D eigenvalue weighted by Crippen LogP contribution is 2.39. The molecule has 8 nitrogen and oxygen atoms in total. The Bertz CT molecular complexity index is 1190. The molecule has 14 heteroatoms. The normalized spacial score (nSPS) is 11.9. The highest BCUT2D eigenvalue weighted by atomic mass is 19.4. The number of halogens is 6. The second-order valence-corrected chi connectivity index (χ2v) is 7.01. The van der Waals surface area contributed by atoms with Crippen molar-refractivity contribution in [3.63, 3.8) is 0 Å². The second kappa shape index (κ2) is 9.21. The third kappa shape index (κ3) is 5.22. The number of urea groups is 1. The number of hydrogen-bond acceptors (Lipinski definition) is 5. The topological polar surface area (TPSA) is 84.3 Å². The molecule has 0 radical (unpaired) electrons. The lowest BCUT2D eigenvalue weighted by Gasteiger charge is -2.20. The minimum Gasteiger partial charge on any atom is -0.314 e. The monoisotopic (exact) mass is 488 g/mol. The Morgan fingerprint density at radius 1 is 1.03 bits per heavy atom. The molecule has 0 atom stereocenters. The van der Waals surface area contributed by atoms with Crippen LogP contribution in [0.2, 0.25) is 0 Å². The van der Waals surface area contributed by atoms with Crippen molar-refractivity contribution < 1.29 is 36.0 Å². The molecule has 34 heavy (non-hydrogen) atoms. The molecule has 0 aliphatic rings. The zero-order valence-corrected chi connectivity index (χ0v) is 17.9. The van der Waals surface area contributed by atoms with Crippen molar-refractivity contribution in [3.8, 4) is 11.4 Å². The van der Waals surface area contributed by atoms with Crippen molar-refractivity contribution in [1.82, 2.24) is 20.2 Å². The zero-order chi connectivity index (χ0) is 25.3. The first-order valence-corrected chi connectivity index (χ1v) is 9.45. The van der Waals surface area contributed by atoms with Crippen LogP contribution in [0, 0.1) is 0 Å². The van der Waals surface area contributed by atoms with E-state index in [1.54, 1.807) is 0 Å². The van der Waals surface area contributed by atoms with Gasteiger partial charge in [-0.05, 0) is 36.4 Å². The van der Waals surface area contributed by atoms with Gasteiger partial charge in [-0.3, -0.25) is 9.40 Å². The van der Waals surface area contributed by atoms with E-state index in [9.17, 15) is 31.1 Å². The molecule has 3 rings (SSSR count). The van der Waals surface area contributed by atoms with Gasteiger partial charge in [0.1, 0.15) is 0 Å². The second-order valence-electron chi connectivity index (χ2n) is 7.01. The first-order chi connectivity index (χ1) is 15.8. The van der Waals surface area contributed by atoms with Crippen LogP contribution in [0.3, 0.4) is 0 Å². The quantitative estimate of drug-likeness (QED) is 0.391. The molecular formula is C20H18F6N6O2. The average Bonchev–Trinajstić information content (AvgIpc) is 3.13. The summed E-state index contributed by atoms with van der Waals surface area (Å²) in [6.07, 6.45) is -9.39. The molecule has 1 heterocycles. The summed E-state index contributed by atoms with van der Waals surface area (Å²) in [5, 5.41) is 9.89. The molecule has 182 valence electrons. The Morgan fingerprint density at radius 3 is 2.35 bits per heavy atom. The molecule has 1 aromatic heterocycles. The van der Waals surface area contributed by atoms with Crippen LogP contribution < -0.4 is 15.7 Å². The van der Waals surface area contributed by atoms with Crippen molar-refractivity contribution in [1.29, 1.82) is 0 Å². The lowest BCUT2D eigenvalue weighted by atomic mass is 10.1. The molecule has 2 amide bonds. The predicted molar refractivity (Wildman–Crippen MR) is 110 cm³/mol. The molecule has 0 fully saturated rings. The molecule has 0 saturated carbocycles. The number of carbonyl (C=O) groups is 1.